The minimum Gasteiger partial charge on any atom is -0.462 e. The van der Waals surface area contributed by atoms with Crippen molar-refractivity contribution in [3.63, 3.8) is 0 Å². The Morgan fingerprint density at radius 1 is 0.556 bits per heavy atom. The van der Waals surface area contributed by atoms with Crippen LogP contribution >= 0.6 is 0 Å². The number of rotatable bonds is 39. The van der Waals surface area contributed by atoms with E-state index in [1.807, 2.05) is 0 Å². The number of hydrogen-bond acceptors (Lipinski definition) is 11. The molecule has 12 nitrogen and oxygen atoms in total. The van der Waals surface area contributed by atoms with E-state index in [0.717, 1.165) is 89.9 Å². The van der Waals surface area contributed by atoms with Crippen molar-refractivity contribution in [1.29, 1.82) is 0 Å². The molecule has 6 unspecified atom stereocenters. The minimum atomic E-state index is -4.61. The van der Waals surface area contributed by atoms with Crippen molar-refractivity contribution < 1.29 is 56.8 Å². The monoisotopic (exact) mass is 909 g/mol. The SMILES string of the molecule is CC/C=C\C/C=C\C/C=C\C/C=C\C/C=C\CCCCCC(=O)OC(COC(=O)CCCCCCC/C=C\CCCCCCCCC)COC1OC(CS(=O)(=O)O)C(O)C(O)C1O. The highest BCUT2D eigenvalue weighted by Crippen LogP contribution is 2.24. The molecular formula is C50H84O12S. The largest absolute Gasteiger partial charge is 0.462 e. The normalized spacial score (nSPS) is 20.4. The van der Waals surface area contributed by atoms with Crippen molar-refractivity contribution in [2.45, 2.75) is 211 Å². The second-order valence-corrected chi connectivity index (χ2v) is 17.9. The van der Waals surface area contributed by atoms with Gasteiger partial charge in [-0.15, -0.1) is 0 Å². The lowest BCUT2D eigenvalue weighted by atomic mass is 10.00. The molecule has 0 spiro atoms. The Morgan fingerprint density at radius 2 is 1.00 bits per heavy atom. The predicted molar refractivity (Wildman–Crippen MR) is 252 cm³/mol. The van der Waals surface area contributed by atoms with Gasteiger partial charge in [0.05, 0.1) is 6.61 Å². The third-order valence-electron chi connectivity index (χ3n) is 10.5. The quantitative estimate of drug-likeness (QED) is 0.0198. The lowest BCUT2D eigenvalue weighted by Gasteiger charge is -2.40. The van der Waals surface area contributed by atoms with Crippen LogP contribution in [-0.4, -0.2) is 96.0 Å². The summed E-state index contributed by atoms with van der Waals surface area (Å²) in [5.74, 6) is -2.04. The zero-order valence-corrected chi connectivity index (χ0v) is 39.5. The van der Waals surface area contributed by atoms with Crippen LogP contribution in [0.25, 0.3) is 0 Å². The molecule has 0 saturated carbocycles. The maximum absolute atomic E-state index is 12.8. The highest BCUT2D eigenvalue weighted by molar-refractivity contribution is 7.85. The van der Waals surface area contributed by atoms with Gasteiger partial charge in [-0.3, -0.25) is 14.1 Å². The van der Waals surface area contributed by atoms with Crippen molar-refractivity contribution in [1.82, 2.24) is 0 Å². The fraction of sp³-hybridized carbons (Fsp3) is 0.720. The maximum Gasteiger partial charge on any atom is 0.306 e. The molecule has 1 fully saturated rings. The molecule has 0 amide bonds. The zero-order valence-electron chi connectivity index (χ0n) is 38.7. The first kappa shape index (κ1) is 58.1. The van der Waals surface area contributed by atoms with E-state index in [2.05, 4.69) is 86.8 Å². The maximum atomic E-state index is 12.8. The van der Waals surface area contributed by atoms with E-state index in [4.69, 9.17) is 18.9 Å². The lowest BCUT2D eigenvalue weighted by Crippen LogP contribution is -2.60. The Morgan fingerprint density at radius 3 is 1.52 bits per heavy atom. The smallest absolute Gasteiger partial charge is 0.306 e. The number of aliphatic hydroxyl groups is 3. The van der Waals surface area contributed by atoms with Crippen LogP contribution in [-0.2, 0) is 38.7 Å². The van der Waals surface area contributed by atoms with Crippen molar-refractivity contribution in [3.8, 4) is 0 Å². The van der Waals surface area contributed by atoms with Crippen LogP contribution in [0.4, 0.5) is 0 Å². The highest BCUT2D eigenvalue weighted by atomic mass is 32.2. The molecule has 1 saturated heterocycles. The second-order valence-electron chi connectivity index (χ2n) is 16.4. The van der Waals surface area contributed by atoms with Crippen LogP contribution < -0.4 is 0 Å². The molecule has 1 aliphatic heterocycles. The van der Waals surface area contributed by atoms with E-state index in [0.29, 0.717) is 12.8 Å². The van der Waals surface area contributed by atoms with Gasteiger partial charge in [-0.05, 0) is 83.5 Å². The Kier molecular flexibility index (Phi) is 36.4. The van der Waals surface area contributed by atoms with Gasteiger partial charge < -0.3 is 34.3 Å². The number of ether oxygens (including phenoxy) is 4. The Labute approximate surface area is 380 Å². The van der Waals surface area contributed by atoms with Gasteiger partial charge in [0.15, 0.2) is 12.4 Å². The third-order valence-corrected chi connectivity index (χ3v) is 11.3. The predicted octanol–water partition coefficient (Wildman–Crippen LogP) is 10.3. The molecule has 6 atom stereocenters. The molecule has 1 aliphatic rings. The number of unbranched alkanes of at least 4 members (excludes halogenated alkanes) is 15. The van der Waals surface area contributed by atoms with Crippen LogP contribution in [0.1, 0.15) is 174 Å². The molecular weight excluding hydrogens is 825 g/mol. The topological polar surface area (TPSA) is 186 Å². The first-order valence-electron chi connectivity index (χ1n) is 24.0. The summed E-state index contributed by atoms with van der Waals surface area (Å²) in [7, 11) is -4.61. The van der Waals surface area contributed by atoms with Gasteiger partial charge in [-0.25, -0.2) is 0 Å². The third kappa shape index (κ3) is 34.2. The van der Waals surface area contributed by atoms with E-state index < -0.39 is 71.2 Å². The van der Waals surface area contributed by atoms with Crippen molar-refractivity contribution in [2.24, 2.45) is 0 Å². The number of carbonyl (C=O) groups excluding carboxylic acids is 2. The summed E-state index contributed by atoms with van der Waals surface area (Å²) in [4.78, 5) is 25.5. The average Bonchev–Trinajstić information content (AvgIpc) is 3.25. The van der Waals surface area contributed by atoms with Gasteiger partial charge in [0.2, 0.25) is 0 Å². The van der Waals surface area contributed by atoms with Gasteiger partial charge in [0, 0.05) is 12.8 Å². The van der Waals surface area contributed by atoms with Gasteiger partial charge in [0.1, 0.15) is 36.8 Å². The molecule has 13 heteroatoms. The standard InChI is InChI=1S/C50H84O12S/c1-3-5-7-9-11-13-15-17-19-21-22-23-25-27-29-31-33-35-37-39-46(52)61-43(41-60-50-49(55)48(54)47(53)44(62-50)42-63(56,57)58)40-59-45(51)38-36-34-32-30-28-26-24-20-18-16-14-12-10-8-6-4-2/h5,7,11,13,17,19-20,22-24,27,29,43-44,47-50,53-55H,3-4,6,8-10,12,14-16,18,21,25-26,28,30-42H2,1-2H3,(H,56,57,58)/b7-5-,13-11-,19-17-,23-22-,24-20-,29-27-. The van der Waals surface area contributed by atoms with Crippen LogP contribution in [0.5, 0.6) is 0 Å². The molecule has 0 bridgehead atoms. The Hall–Kier alpha value is -2.91. The first-order chi connectivity index (χ1) is 30.5. The van der Waals surface area contributed by atoms with E-state index in [1.165, 1.54) is 44.9 Å². The molecule has 0 radical (unpaired) electrons. The van der Waals surface area contributed by atoms with Gasteiger partial charge >= 0.3 is 11.9 Å². The summed E-state index contributed by atoms with van der Waals surface area (Å²) in [5, 5.41) is 30.9. The van der Waals surface area contributed by atoms with E-state index in [-0.39, 0.29) is 19.4 Å². The summed E-state index contributed by atoms with van der Waals surface area (Å²) in [6.45, 7) is 3.61. The van der Waals surface area contributed by atoms with Crippen molar-refractivity contribution >= 4 is 22.1 Å². The van der Waals surface area contributed by atoms with E-state index in [1.54, 1.807) is 0 Å². The van der Waals surface area contributed by atoms with Crippen LogP contribution in [0.15, 0.2) is 72.9 Å². The fourth-order valence-corrected chi connectivity index (χ4v) is 7.51. The Balaban J connectivity index is 2.46. The molecule has 0 aromatic rings. The summed E-state index contributed by atoms with van der Waals surface area (Å²) < 4.78 is 54.1. The Bertz CT molecular complexity index is 1440. The number of hydrogen-bond donors (Lipinski definition) is 4. The summed E-state index contributed by atoms with van der Waals surface area (Å²) in [6.07, 6.45) is 40.8. The van der Waals surface area contributed by atoms with Gasteiger partial charge in [-0.1, -0.05) is 151 Å². The second kappa shape index (κ2) is 39.5. The molecule has 362 valence electrons. The average molecular weight is 909 g/mol. The molecule has 63 heavy (non-hydrogen) atoms. The van der Waals surface area contributed by atoms with Crippen molar-refractivity contribution in [2.75, 3.05) is 19.0 Å². The number of carbonyl (C=O) groups is 2. The number of aliphatic hydroxyl groups excluding tert-OH is 3. The molecule has 0 aromatic heterocycles. The number of esters is 2. The summed E-state index contributed by atoms with van der Waals surface area (Å²) in [5.41, 5.74) is 0. The van der Waals surface area contributed by atoms with Crippen molar-refractivity contribution in [3.05, 3.63) is 72.9 Å². The first-order valence-corrected chi connectivity index (χ1v) is 25.6. The van der Waals surface area contributed by atoms with E-state index in [9.17, 15) is 37.9 Å². The van der Waals surface area contributed by atoms with Crippen LogP contribution in [0.2, 0.25) is 0 Å². The number of allylic oxidation sites excluding steroid dienone is 12. The molecule has 0 aromatic carbocycles. The van der Waals surface area contributed by atoms with Gasteiger partial charge in [-0.2, -0.15) is 8.42 Å². The van der Waals surface area contributed by atoms with Crippen LogP contribution in [0, 0.1) is 0 Å². The molecule has 4 N–H and O–H groups in total. The fourth-order valence-electron chi connectivity index (χ4n) is 6.81. The highest BCUT2D eigenvalue weighted by Gasteiger charge is 2.46. The van der Waals surface area contributed by atoms with E-state index >= 15 is 0 Å². The zero-order chi connectivity index (χ0) is 46.2. The lowest BCUT2D eigenvalue weighted by molar-refractivity contribution is -0.297. The summed E-state index contributed by atoms with van der Waals surface area (Å²) in [6, 6.07) is 0. The molecule has 1 heterocycles. The van der Waals surface area contributed by atoms with Crippen LogP contribution in [0.3, 0.4) is 0 Å². The van der Waals surface area contributed by atoms with Gasteiger partial charge in [0.25, 0.3) is 10.1 Å². The molecule has 0 aliphatic carbocycles. The summed E-state index contributed by atoms with van der Waals surface area (Å²) >= 11 is 0. The molecule has 1 rings (SSSR count). The minimum absolute atomic E-state index is 0.120.